The van der Waals surface area contributed by atoms with Gasteiger partial charge in [0, 0.05) is 20.7 Å². The Kier molecular flexibility index (Phi) is 6.48. The van der Waals surface area contributed by atoms with Crippen molar-refractivity contribution >= 4 is 13.6 Å². The average molecular weight is 236 g/mol. The van der Waals surface area contributed by atoms with E-state index in [1.165, 1.54) is 20.7 Å². The maximum atomic E-state index is 11.3. The Balaban J connectivity index is 3.88. The number of carbonyl (C=O) groups excluding carboxylic acids is 1. The number of hydrogen-bond donors (Lipinski definition) is 0. The molecule has 0 bridgehead atoms. The average Bonchev–Trinajstić information content (AvgIpc) is 2.14. The first-order valence-electron chi connectivity index (χ1n) is 4.44. The molecule has 0 aromatic carbocycles. The lowest BCUT2D eigenvalue weighted by atomic mass is 10.3. The second-order valence-electron chi connectivity index (χ2n) is 3.08. The van der Waals surface area contributed by atoms with E-state index in [2.05, 4.69) is 4.52 Å². The first kappa shape index (κ1) is 14.4. The van der Waals surface area contributed by atoms with Crippen LogP contribution in [0, 0.1) is 0 Å². The summed E-state index contributed by atoms with van der Waals surface area (Å²) in [6.45, 7) is 4.92. The molecule has 0 amide bonds. The van der Waals surface area contributed by atoms with Crippen LogP contribution in [0.2, 0.25) is 0 Å². The molecule has 0 fully saturated rings. The summed E-state index contributed by atoms with van der Waals surface area (Å²) in [6.07, 6.45) is 1.69. The minimum Gasteiger partial charge on any atom is -0.462 e. The van der Waals surface area contributed by atoms with E-state index in [0.717, 1.165) is 5.57 Å². The standard InChI is InChI=1S/C9H17O5P/c1-8(5-6-13-9(2)10)7-14-15(4,11)12-3/h5H,6-7H2,1-4H3. The molecule has 0 aliphatic heterocycles. The van der Waals surface area contributed by atoms with Gasteiger partial charge in [0.25, 0.3) is 0 Å². The van der Waals surface area contributed by atoms with Crippen molar-refractivity contribution in [1.29, 1.82) is 0 Å². The van der Waals surface area contributed by atoms with Gasteiger partial charge in [0.2, 0.25) is 0 Å². The second-order valence-corrected chi connectivity index (χ2v) is 5.25. The van der Waals surface area contributed by atoms with E-state index in [0.29, 0.717) is 0 Å². The molecule has 0 heterocycles. The maximum Gasteiger partial charge on any atom is 0.327 e. The van der Waals surface area contributed by atoms with Gasteiger partial charge < -0.3 is 13.8 Å². The molecule has 5 nitrogen and oxygen atoms in total. The van der Waals surface area contributed by atoms with Crippen LogP contribution < -0.4 is 0 Å². The molecule has 0 aliphatic rings. The molecule has 0 rings (SSSR count). The molecule has 0 N–H and O–H groups in total. The third kappa shape index (κ3) is 8.36. The summed E-state index contributed by atoms with van der Waals surface area (Å²) in [6, 6.07) is 0. The fraction of sp³-hybridized carbons (Fsp3) is 0.667. The molecule has 15 heavy (non-hydrogen) atoms. The zero-order valence-electron chi connectivity index (χ0n) is 9.48. The molecule has 0 aromatic heterocycles. The third-order valence-electron chi connectivity index (χ3n) is 1.58. The number of esters is 1. The normalized spacial score (nSPS) is 15.9. The summed E-state index contributed by atoms with van der Waals surface area (Å²) >= 11 is 0. The summed E-state index contributed by atoms with van der Waals surface area (Å²) < 4.78 is 25.7. The summed E-state index contributed by atoms with van der Waals surface area (Å²) in [7, 11) is -1.60. The van der Waals surface area contributed by atoms with E-state index >= 15 is 0 Å². The summed E-state index contributed by atoms with van der Waals surface area (Å²) in [5.41, 5.74) is 0.829. The quantitative estimate of drug-likeness (QED) is 0.401. The number of ether oxygens (including phenoxy) is 1. The zero-order chi connectivity index (χ0) is 11.9. The van der Waals surface area contributed by atoms with Crippen LogP contribution in [-0.2, 0) is 23.1 Å². The highest BCUT2D eigenvalue weighted by Gasteiger charge is 2.13. The lowest BCUT2D eigenvalue weighted by Gasteiger charge is -2.11. The molecule has 6 heteroatoms. The first-order valence-corrected chi connectivity index (χ1v) is 6.43. The fourth-order valence-corrected chi connectivity index (χ4v) is 1.18. The number of hydrogen-bond acceptors (Lipinski definition) is 5. The number of carbonyl (C=O) groups is 1. The minimum atomic E-state index is -2.93. The van der Waals surface area contributed by atoms with Crippen molar-refractivity contribution in [2.24, 2.45) is 0 Å². The first-order chi connectivity index (χ1) is 6.87. The largest absolute Gasteiger partial charge is 0.462 e. The number of rotatable bonds is 6. The van der Waals surface area contributed by atoms with Gasteiger partial charge in [-0.25, -0.2) is 0 Å². The molecule has 0 aliphatic carbocycles. The molecule has 0 spiro atoms. The molecular weight excluding hydrogens is 219 g/mol. The SMILES string of the molecule is COP(C)(=O)OCC(C)=CCOC(C)=O. The highest BCUT2D eigenvalue weighted by atomic mass is 31.2. The van der Waals surface area contributed by atoms with Crippen LogP contribution in [0.3, 0.4) is 0 Å². The van der Waals surface area contributed by atoms with Crippen molar-refractivity contribution in [3.8, 4) is 0 Å². The van der Waals surface area contributed by atoms with E-state index < -0.39 is 7.60 Å². The van der Waals surface area contributed by atoms with Crippen LogP contribution in [0.5, 0.6) is 0 Å². The van der Waals surface area contributed by atoms with Gasteiger partial charge in [-0.1, -0.05) is 0 Å². The van der Waals surface area contributed by atoms with E-state index in [9.17, 15) is 9.36 Å². The second kappa shape index (κ2) is 6.77. The van der Waals surface area contributed by atoms with Crippen LogP contribution in [0.4, 0.5) is 0 Å². The summed E-state index contributed by atoms with van der Waals surface area (Å²) in [5, 5.41) is 0. The molecule has 88 valence electrons. The van der Waals surface area contributed by atoms with Crippen LogP contribution in [0.15, 0.2) is 11.6 Å². The fourth-order valence-electron chi connectivity index (χ4n) is 0.632. The van der Waals surface area contributed by atoms with E-state index in [1.807, 2.05) is 0 Å². The van der Waals surface area contributed by atoms with Gasteiger partial charge in [-0.05, 0) is 18.6 Å². The topological polar surface area (TPSA) is 61.8 Å². The highest BCUT2D eigenvalue weighted by Crippen LogP contribution is 2.42. The lowest BCUT2D eigenvalue weighted by molar-refractivity contribution is -0.139. The van der Waals surface area contributed by atoms with Gasteiger partial charge in [0.1, 0.15) is 6.61 Å². The van der Waals surface area contributed by atoms with Gasteiger partial charge in [-0.15, -0.1) is 0 Å². The van der Waals surface area contributed by atoms with Crippen LogP contribution in [-0.4, -0.2) is 33.0 Å². The molecule has 1 atom stereocenters. The maximum absolute atomic E-state index is 11.3. The van der Waals surface area contributed by atoms with Crippen molar-refractivity contribution in [2.45, 2.75) is 13.8 Å². The van der Waals surface area contributed by atoms with Gasteiger partial charge in [0.15, 0.2) is 0 Å². The summed E-state index contributed by atoms with van der Waals surface area (Å²) in [4.78, 5) is 10.4. The van der Waals surface area contributed by atoms with Crippen LogP contribution in [0.1, 0.15) is 13.8 Å². The monoisotopic (exact) mass is 236 g/mol. The van der Waals surface area contributed by atoms with Gasteiger partial charge >= 0.3 is 13.6 Å². The Morgan fingerprint density at radius 1 is 1.40 bits per heavy atom. The highest BCUT2D eigenvalue weighted by molar-refractivity contribution is 7.52. The molecular formula is C9H17O5P. The third-order valence-corrected chi connectivity index (χ3v) is 2.84. The molecule has 1 unspecified atom stereocenters. The minimum absolute atomic E-state index is 0.197. The predicted octanol–water partition coefficient (Wildman–Crippen LogP) is 1.98. The lowest BCUT2D eigenvalue weighted by Crippen LogP contribution is -2.00. The van der Waals surface area contributed by atoms with E-state index in [4.69, 9.17) is 9.26 Å². The molecule has 0 aromatic rings. The van der Waals surface area contributed by atoms with E-state index in [-0.39, 0.29) is 19.2 Å². The van der Waals surface area contributed by atoms with E-state index in [1.54, 1.807) is 13.0 Å². The van der Waals surface area contributed by atoms with Crippen molar-refractivity contribution in [1.82, 2.24) is 0 Å². The van der Waals surface area contributed by atoms with Gasteiger partial charge in [-0.3, -0.25) is 9.36 Å². The van der Waals surface area contributed by atoms with Gasteiger partial charge in [-0.2, -0.15) is 0 Å². The Morgan fingerprint density at radius 3 is 2.47 bits per heavy atom. The molecule has 0 saturated heterocycles. The predicted molar refractivity (Wildman–Crippen MR) is 56.9 cm³/mol. The smallest absolute Gasteiger partial charge is 0.327 e. The Bertz CT molecular complexity index is 284. The Hall–Kier alpha value is -0.640. The molecule has 0 radical (unpaired) electrons. The Labute approximate surface area is 89.9 Å². The van der Waals surface area contributed by atoms with Crippen molar-refractivity contribution in [3.63, 3.8) is 0 Å². The summed E-state index contributed by atoms with van der Waals surface area (Å²) in [5.74, 6) is -0.335. The van der Waals surface area contributed by atoms with Crippen molar-refractivity contribution < 1.29 is 23.1 Å². The van der Waals surface area contributed by atoms with Crippen LogP contribution in [0.25, 0.3) is 0 Å². The molecule has 0 saturated carbocycles. The van der Waals surface area contributed by atoms with Crippen molar-refractivity contribution in [2.75, 3.05) is 27.0 Å². The zero-order valence-corrected chi connectivity index (χ0v) is 10.4. The Morgan fingerprint density at radius 2 is 2.00 bits per heavy atom. The van der Waals surface area contributed by atoms with Gasteiger partial charge in [0.05, 0.1) is 6.61 Å². The van der Waals surface area contributed by atoms with Crippen molar-refractivity contribution in [3.05, 3.63) is 11.6 Å². The van der Waals surface area contributed by atoms with Crippen LogP contribution >= 0.6 is 7.60 Å².